The van der Waals surface area contributed by atoms with Gasteiger partial charge in [-0.25, -0.2) is 0 Å². The first-order valence-corrected chi connectivity index (χ1v) is 6.87. The number of fused-ring (bicyclic) bond motifs is 1. The second kappa shape index (κ2) is 5.41. The van der Waals surface area contributed by atoms with E-state index in [1.807, 2.05) is 18.2 Å². The lowest BCUT2D eigenvalue weighted by atomic mass is 9.99. The van der Waals surface area contributed by atoms with Crippen LogP contribution in [0.5, 0.6) is 0 Å². The van der Waals surface area contributed by atoms with Crippen LogP contribution in [0.4, 0.5) is 5.69 Å². The summed E-state index contributed by atoms with van der Waals surface area (Å²) in [5.74, 6) is 0. The molecule has 0 amide bonds. The summed E-state index contributed by atoms with van der Waals surface area (Å²) in [6.45, 7) is 1.29. The van der Waals surface area contributed by atoms with Crippen LogP contribution in [-0.2, 0) is 11.3 Å². The number of rotatable bonds is 2. The molecule has 1 N–H and O–H groups in total. The number of benzene rings is 2. The molecule has 1 heterocycles. The van der Waals surface area contributed by atoms with Crippen molar-refractivity contribution in [1.29, 1.82) is 0 Å². The fourth-order valence-corrected chi connectivity index (χ4v) is 2.64. The van der Waals surface area contributed by atoms with Crippen LogP contribution >= 0.6 is 23.2 Å². The first-order valence-electron chi connectivity index (χ1n) is 6.11. The van der Waals surface area contributed by atoms with E-state index in [1.165, 1.54) is 11.1 Å². The van der Waals surface area contributed by atoms with Crippen LogP contribution in [0.15, 0.2) is 42.5 Å². The molecule has 1 aliphatic heterocycles. The maximum Gasteiger partial charge on any atom is 0.0751 e. The van der Waals surface area contributed by atoms with Gasteiger partial charge in [0.2, 0.25) is 0 Å². The van der Waals surface area contributed by atoms with Gasteiger partial charge in [-0.15, -0.1) is 0 Å². The molecule has 1 unspecified atom stereocenters. The SMILES string of the molecule is Clc1ccc(Cl)c(NC2COCc3ccccc32)c1. The number of ether oxygens (including phenoxy) is 1. The maximum absolute atomic E-state index is 6.18. The molecular weight excluding hydrogens is 281 g/mol. The van der Waals surface area contributed by atoms with Gasteiger partial charge < -0.3 is 10.1 Å². The number of hydrogen-bond acceptors (Lipinski definition) is 2. The molecule has 0 saturated carbocycles. The van der Waals surface area contributed by atoms with Crippen molar-refractivity contribution >= 4 is 28.9 Å². The number of hydrogen-bond donors (Lipinski definition) is 1. The van der Waals surface area contributed by atoms with Crippen LogP contribution in [0.2, 0.25) is 10.0 Å². The topological polar surface area (TPSA) is 21.3 Å². The standard InChI is InChI=1S/C15H13Cl2NO/c16-11-5-6-13(17)14(7-11)18-15-9-19-8-10-3-1-2-4-12(10)15/h1-7,15,18H,8-9H2. The van der Waals surface area contributed by atoms with E-state index in [1.54, 1.807) is 12.1 Å². The Balaban J connectivity index is 1.90. The summed E-state index contributed by atoms with van der Waals surface area (Å²) in [5.41, 5.74) is 3.30. The van der Waals surface area contributed by atoms with E-state index in [9.17, 15) is 0 Å². The van der Waals surface area contributed by atoms with E-state index in [4.69, 9.17) is 27.9 Å². The van der Waals surface area contributed by atoms with E-state index in [-0.39, 0.29) is 6.04 Å². The maximum atomic E-state index is 6.18. The van der Waals surface area contributed by atoms with Gasteiger partial charge in [0.05, 0.1) is 30.0 Å². The van der Waals surface area contributed by atoms with E-state index >= 15 is 0 Å². The van der Waals surface area contributed by atoms with Crippen molar-refractivity contribution in [3.8, 4) is 0 Å². The zero-order valence-corrected chi connectivity index (χ0v) is 11.7. The first kappa shape index (κ1) is 12.8. The van der Waals surface area contributed by atoms with Gasteiger partial charge in [0, 0.05) is 5.02 Å². The van der Waals surface area contributed by atoms with Gasteiger partial charge in [-0.1, -0.05) is 47.5 Å². The minimum Gasteiger partial charge on any atom is -0.375 e. The summed E-state index contributed by atoms with van der Waals surface area (Å²) >= 11 is 12.2. The van der Waals surface area contributed by atoms with Gasteiger partial charge in [-0.05, 0) is 29.3 Å². The molecule has 0 radical (unpaired) electrons. The van der Waals surface area contributed by atoms with Crippen molar-refractivity contribution in [3.63, 3.8) is 0 Å². The molecule has 19 heavy (non-hydrogen) atoms. The smallest absolute Gasteiger partial charge is 0.0751 e. The van der Waals surface area contributed by atoms with Crippen molar-refractivity contribution in [2.75, 3.05) is 11.9 Å². The third kappa shape index (κ3) is 2.71. The van der Waals surface area contributed by atoms with Gasteiger partial charge in [-0.2, -0.15) is 0 Å². The summed E-state index contributed by atoms with van der Waals surface area (Å²) in [7, 11) is 0. The summed E-state index contributed by atoms with van der Waals surface area (Å²) in [6.07, 6.45) is 0. The van der Waals surface area contributed by atoms with Crippen LogP contribution in [0.25, 0.3) is 0 Å². The molecule has 0 fully saturated rings. The largest absolute Gasteiger partial charge is 0.375 e. The van der Waals surface area contributed by atoms with Crippen LogP contribution in [-0.4, -0.2) is 6.61 Å². The number of anilines is 1. The average molecular weight is 294 g/mol. The lowest BCUT2D eigenvalue weighted by Crippen LogP contribution is -2.23. The van der Waals surface area contributed by atoms with Gasteiger partial charge in [0.1, 0.15) is 0 Å². The molecule has 2 aromatic carbocycles. The van der Waals surface area contributed by atoms with Crippen molar-refractivity contribution in [1.82, 2.24) is 0 Å². The van der Waals surface area contributed by atoms with Crippen molar-refractivity contribution in [3.05, 3.63) is 63.6 Å². The average Bonchev–Trinajstić information content (AvgIpc) is 2.43. The summed E-state index contributed by atoms with van der Waals surface area (Å²) < 4.78 is 5.61. The zero-order valence-electron chi connectivity index (χ0n) is 10.2. The Morgan fingerprint density at radius 3 is 2.84 bits per heavy atom. The van der Waals surface area contributed by atoms with Crippen LogP contribution in [0.1, 0.15) is 17.2 Å². The summed E-state index contributed by atoms with van der Waals surface area (Å²) in [5, 5.41) is 4.73. The van der Waals surface area contributed by atoms with Crippen LogP contribution < -0.4 is 5.32 Å². The Morgan fingerprint density at radius 2 is 1.95 bits per heavy atom. The van der Waals surface area contributed by atoms with Crippen LogP contribution in [0, 0.1) is 0 Å². The Labute approximate surface area is 122 Å². The molecule has 0 aliphatic carbocycles. The summed E-state index contributed by atoms with van der Waals surface area (Å²) in [6, 6.07) is 13.8. The predicted octanol–water partition coefficient (Wildman–Crippen LogP) is 4.68. The second-order valence-corrected chi connectivity index (χ2v) is 5.38. The van der Waals surface area contributed by atoms with Crippen LogP contribution in [0.3, 0.4) is 0 Å². The quantitative estimate of drug-likeness (QED) is 0.868. The first-order chi connectivity index (χ1) is 9.24. The Morgan fingerprint density at radius 1 is 1.11 bits per heavy atom. The van der Waals surface area contributed by atoms with E-state index in [0.717, 1.165) is 5.69 Å². The highest BCUT2D eigenvalue weighted by molar-refractivity contribution is 6.35. The predicted molar refractivity (Wildman–Crippen MR) is 78.9 cm³/mol. The molecule has 0 aromatic heterocycles. The van der Waals surface area contributed by atoms with Gasteiger partial charge in [0.15, 0.2) is 0 Å². The molecule has 98 valence electrons. The molecule has 0 saturated heterocycles. The van der Waals surface area contributed by atoms with Crippen molar-refractivity contribution < 1.29 is 4.74 Å². The monoisotopic (exact) mass is 293 g/mol. The van der Waals surface area contributed by atoms with E-state index < -0.39 is 0 Å². The normalized spacial score (nSPS) is 17.9. The van der Waals surface area contributed by atoms with E-state index in [0.29, 0.717) is 23.3 Å². The Kier molecular flexibility index (Phi) is 3.65. The molecule has 4 heteroatoms. The minimum absolute atomic E-state index is 0.0981. The number of nitrogens with one attached hydrogen (secondary N) is 1. The highest BCUT2D eigenvalue weighted by Gasteiger charge is 2.20. The Bertz CT molecular complexity index is 600. The zero-order chi connectivity index (χ0) is 13.2. The molecule has 0 bridgehead atoms. The van der Waals surface area contributed by atoms with Crippen molar-refractivity contribution in [2.24, 2.45) is 0 Å². The fourth-order valence-electron chi connectivity index (χ4n) is 2.30. The molecule has 1 aliphatic rings. The molecule has 3 rings (SSSR count). The highest BCUT2D eigenvalue weighted by Crippen LogP contribution is 2.32. The van der Waals surface area contributed by atoms with Gasteiger partial charge in [0.25, 0.3) is 0 Å². The Hall–Kier alpha value is -1.22. The molecule has 2 nitrogen and oxygen atoms in total. The van der Waals surface area contributed by atoms with Gasteiger partial charge >= 0.3 is 0 Å². The third-order valence-corrected chi connectivity index (χ3v) is 3.80. The lowest BCUT2D eigenvalue weighted by molar-refractivity contribution is 0.0970. The van der Waals surface area contributed by atoms with E-state index in [2.05, 4.69) is 17.4 Å². The molecule has 0 spiro atoms. The highest BCUT2D eigenvalue weighted by atomic mass is 35.5. The molecular formula is C15H13Cl2NO. The fraction of sp³-hybridized carbons (Fsp3) is 0.200. The molecule has 2 aromatic rings. The van der Waals surface area contributed by atoms with Crippen molar-refractivity contribution in [2.45, 2.75) is 12.6 Å². The lowest BCUT2D eigenvalue weighted by Gasteiger charge is -2.27. The molecule has 1 atom stereocenters. The van der Waals surface area contributed by atoms with Gasteiger partial charge in [-0.3, -0.25) is 0 Å². The number of halogens is 2. The summed E-state index contributed by atoms with van der Waals surface area (Å²) in [4.78, 5) is 0. The third-order valence-electron chi connectivity index (χ3n) is 3.23. The second-order valence-electron chi connectivity index (χ2n) is 4.54. The minimum atomic E-state index is 0.0981.